The van der Waals surface area contributed by atoms with Gasteiger partial charge in [-0.2, -0.15) is 0 Å². The highest BCUT2D eigenvalue weighted by Gasteiger charge is 2.12. The molecule has 2 N–H and O–H groups in total. The van der Waals surface area contributed by atoms with Crippen LogP contribution < -0.4 is 5.73 Å². The third-order valence-electron chi connectivity index (χ3n) is 2.06. The molecular formula is C11H12N4S. The number of pyridine rings is 1. The van der Waals surface area contributed by atoms with Crippen LogP contribution in [0.4, 0.5) is 0 Å². The van der Waals surface area contributed by atoms with Crippen LogP contribution >= 0.6 is 11.8 Å². The van der Waals surface area contributed by atoms with E-state index in [2.05, 4.69) is 15.0 Å². The minimum atomic E-state index is 0.149. The second-order valence-corrected chi connectivity index (χ2v) is 4.33. The summed E-state index contributed by atoms with van der Waals surface area (Å²) in [6.07, 6.45) is 7.03. The lowest BCUT2D eigenvalue weighted by molar-refractivity contribution is 0.903. The zero-order chi connectivity index (χ0) is 11.2. The van der Waals surface area contributed by atoms with Crippen LogP contribution in [0.2, 0.25) is 0 Å². The summed E-state index contributed by atoms with van der Waals surface area (Å²) in [5, 5.41) is 0.887. The van der Waals surface area contributed by atoms with E-state index < -0.39 is 0 Å². The van der Waals surface area contributed by atoms with Crippen molar-refractivity contribution < 1.29 is 0 Å². The summed E-state index contributed by atoms with van der Waals surface area (Å²) < 4.78 is 0. The summed E-state index contributed by atoms with van der Waals surface area (Å²) in [5.41, 5.74) is 6.85. The van der Waals surface area contributed by atoms with Crippen molar-refractivity contribution in [3.05, 3.63) is 48.5 Å². The Morgan fingerprint density at radius 3 is 2.62 bits per heavy atom. The molecule has 0 aromatic carbocycles. The lowest BCUT2D eigenvalue weighted by atomic mass is 10.2. The van der Waals surface area contributed by atoms with Gasteiger partial charge in [-0.25, -0.2) is 9.97 Å². The number of rotatable bonds is 4. The molecule has 2 rings (SSSR count). The second-order valence-electron chi connectivity index (χ2n) is 3.16. The van der Waals surface area contributed by atoms with E-state index in [0.717, 1.165) is 10.7 Å². The van der Waals surface area contributed by atoms with Crippen molar-refractivity contribution in [3.63, 3.8) is 0 Å². The topological polar surface area (TPSA) is 64.7 Å². The lowest BCUT2D eigenvalue weighted by Crippen LogP contribution is -2.10. The van der Waals surface area contributed by atoms with Gasteiger partial charge in [0.25, 0.3) is 0 Å². The summed E-state index contributed by atoms with van der Waals surface area (Å²) >= 11 is 1.55. The number of hydrogen-bond donors (Lipinski definition) is 1. The molecular weight excluding hydrogens is 220 g/mol. The van der Waals surface area contributed by atoms with E-state index >= 15 is 0 Å². The van der Waals surface area contributed by atoms with Crippen LogP contribution in [0.15, 0.2) is 48.1 Å². The Hall–Kier alpha value is -1.46. The lowest BCUT2D eigenvalue weighted by Gasteiger charge is -2.12. The summed E-state index contributed by atoms with van der Waals surface area (Å²) in [6.45, 7) is 0.536. The van der Waals surface area contributed by atoms with Gasteiger partial charge in [0.1, 0.15) is 0 Å². The number of aromatic nitrogens is 3. The fourth-order valence-corrected chi connectivity index (χ4v) is 2.16. The molecule has 2 aromatic heterocycles. The van der Waals surface area contributed by atoms with Crippen molar-refractivity contribution in [2.24, 2.45) is 5.73 Å². The van der Waals surface area contributed by atoms with Gasteiger partial charge < -0.3 is 5.73 Å². The second kappa shape index (κ2) is 5.58. The fraction of sp³-hybridized carbons (Fsp3) is 0.182. The van der Waals surface area contributed by atoms with Gasteiger partial charge in [-0.3, -0.25) is 4.98 Å². The normalized spacial score (nSPS) is 12.3. The van der Waals surface area contributed by atoms with Crippen LogP contribution in [-0.2, 0) is 0 Å². The van der Waals surface area contributed by atoms with Gasteiger partial charge in [-0.05, 0) is 17.7 Å². The molecule has 0 fully saturated rings. The molecule has 0 aliphatic carbocycles. The van der Waals surface area contributed by atoms with Crippen molar-refractivity contribution in [1.29, 1.82) is 0 Å². The molecule has 0 aliphatic rings. The van der Waals surface area contributed by atoms with E-state index in [9.17, 15) is 0 Å². The molecule has 4 nitrogen and oxygen atoms in total. The third kappa shape index (κ3) is 2.77. The van der Waals surface area contributed by atoms with Gasteiger partial charge in [0.15, 0.2) is 5.16 Å². The van der Waals surface area contributed by atoms with E-state index in [1.165, 1.54) is 0 Å². The third-order valence-corrected chi connectivity index (χ3v) is 3.23. The molecule has 1 atom stereocenters. The molecule has 2 aromatic rings. The monoisotopic (exact) mass is 232 g/mol. The SMILES string of the molecule is NCC(Sc1ncccn1)c1cccnc1. The standard InChI is InChI=1S/C11H12N4S/c12-7-10(9-3-1-4-13-8-9)16-11-14-5-2-6-15-11/h1-6,8,10H,7,12H2. The van der Waals surface area contributed by atoms with Gasteiger partial charge in [0, 0.05) is 31.3 Å². The van der Waals surface area contributed by atoms with Crippen LogP contribution in [-0.4, -0.2) is 21.5 Å². The average molecular weight is 232 g/mol. The van der Waals surface area contributed by atoms with Gasteiger partial charge in [-0.1, -0.05) is 17.8 Å². The molecule has 5 heteroatoms. The van der Waals surface area contributed by atoms with Gasteiger partial charge in [0.05, 0.1) is 5.25 Å². The average Bonchev–Trinajstić information content (AvgIpc) is 2.38. The van der Waals surface area contributed by atoms with Gasteiger partial charge in [-0.15, -0.1) is 0 Å². The highest BCUT2D eigenvalue weighted by molar-refractivity contribution is 7.99. The highest BCUT2D eigenvalue weighted by Crippen LogP contribution is 2.31. The highest BCUT2D eigenvalue weighted by atomic mass is 32.2. The maximum Gasteiger partial charge on any atom is 0.188 e. The van der Waals surface area contributed by atoms with Crippen molar-refractivity contribution in [1.82, 2.24) is 15.0 Å². The first-order chi connectivity index (χ1) is 7.90. The number of thioether (sulfide) groups is 1. The Labute approximate surface area is 98.3 Å². The largest absolute Gasteiger partial charge is 0.329 e. The van der Waals surface area contributed by atoms with Crippen molar-refractivity contribution in [2.75, 3.05) is 6.54 Å². The Bertz CT molecular complexity index is 421. The van der Waals surface area contributed by atoms with E-state index in [1.807, 2.05) is 18.3 Å². The van der Waals surface area contributed by atoms with Crippen LogP contribution in [0.3, 0.4) is 0 Å². The predicted molar refractivity (Wildman–Crippen MR) is 63.9 cm³/mol. The molecule has 0 saturated heterocycles. The maximum atomic E-state index is 5.75. The predicted octanol–water partition coefficient (Wildman–Crippen LogP) is 1.66. The Balaban J connectivity index is 2.13. The molecule has 0 spiro atoms. The zero-order valence-electron chi connectivity index (χ0n) is 8.65. The summed E-state index contributed by atoms with van der Waals surface area (Å²) in [5.74, 6) is 0. The maximum absolute atomic E-state index is 5.75. The quantitative estimate of drug-likeness (QED) is 0.641. The molecule has 1 unspecified atom stereocenters. The molecule has 0 saturated carbocycles. The number of nitrogens with zero attached hydrogens (tertiary/aromatic N) is 3. The molecule has 0 aliphatic heterocycles. The van der Waals surface area contributed by atoms with E-state index in [0.29, 0.717) is 6.54 Å². The Morgan fingerprint density at radius 2 is 2.00 bits per heavy atom. The van der Waals surface area contributed by atoms with E-state index in [-0.39, 0.29) is 5.25 Å². The fourth-order valence-electron chi connectivity index (χ4n) is 1.29. The van der Waals surface area contributed by atoms with Crippen molar-refractivity contribution in [3.8, 4) is 0 Å². The van der Waals surface area contributed by atoms with E-state index in [1.54, 1.807) is 36.4 Å². The van der Waals surface area contributed by atoms with Crippen LogP contribution in [0.1, 0.15) is 10.8 Å². The smallest absolute Gasteiger partial charge is 0.188 e. The van der Waals surface area contributed by atoms with Crippen molar-refractivity contribution >= 4 is 11.8 Å². The van der Waals surface area contributed by atoms with Gasteiger partial charge >= 0.3 is 0 Å². The van der Waals surface area contributed by atoms with Crippen LogP contribution in [0.25, 0.3) is 0 Å². The molecule has 0 radical (unpaired) electrons. The summed E-state index contributed by atoms with van der Waals surface area (Å²) in [4.78, 5) is 12.4. The molecule has 0 bridgehead atoms. The van der Waals surface area contributed by atoms with Crippen LogP contribution in [0.5, 0.6) is 0 Å². The Kier molecular flexibility index (Phi) is 3.85. The van der Waals surface area contributed by atoms with Crippen molar-refractivity contribution in [2.45, 2.75) is 10.4 Å². The minimum absolute atomic E-state index is 0.149. The molecule has 16 heavy (non-hydrogen) atoms. The minimum Gasteiger partial charge on any atom is -0.329 e. The molecule has 2 heterocycles. The Morgan fingerprint density at radius 1 is 1.19 bits per heavy atom. The summed E-state index contributed by atoms with van der Waals surface area (Å²) in [7, 11) is 0. The summed E-state index contributed by atoms with van der Waals surface area (Å²) in [6, 6.07) is 5.72. The first-order valence-corrected chi connectivity index (χ1v) is 5.82. The van der Waals surface area contributed by atoms with Gasteiger partial charge in [0.2, 0.25) is 0 Å². The van der Waals surface area contributed by atoms with E-state index in [4.69, 9.17) is 5.73 Å². The molecule has 0 amide bonds. The first-order valence-electron chi connectivity index (χ1n) is 4.94. The zero-order valence-corrected chi connectivity index (χ0v) is 9.47. The molecule has 82 valence electrons. The number of hydrogen-bond acceptors (Lipinski definition) is 5. The first kappa shape index (κ1) is 11.0. The van der Waals surface area contributed by atoms with Crippen LogP contribution in [0, 0.1) is 0 Å². The number of nitrogens with two attached hydrogens (primary N) is 1.